The van der Waals surface area contributed by atoms with E-state index in [1.165, 1.54) is 0 Å². The van der Waals surface area contributed by atoms with Gasteiger partial charge in [-0.05, 0) is 24.3 Å². The number of rotatable bonds is 7. The first-order valence-corrected chi connectivity index (χ1v) is 7.99. The number of hydrogen-bond acceptors (Lipinski definition) is 5. The molecule has 0 saturated heterocycles. The quantitative estimate of drug-likeness (QED) is 0.352. The van der Waals surface area contributed by atoms with Gasteiger partial charge in [0, 0.05) is 32.3 Å². The lowest BCUT2D eigenvalue weighted by atomic mass is 10.2. The van der Waals surface area contributed by atoms with Crippen LogP contribution in [0.3, 0.4) is 0 Å². The van der Waals surface area contributed by atoms with E-state index in [9.17, 15) is 4.79 Å². The van der Waals surface area contributed by atoms with Crippen molar-refractivity contribution in [1.82, 2.24) is 10.2 Å². The summed E-state index contributed by atoms with van der Waals surface area (Å²) in [6.45, 7) is 0.960. The van der Waals surface area contributed by atoms with Crippen molar-refractivity contribution in [1.29, 1.82) is 0 Å². The summed E-state index contributed by atoms with van der Waals surface area (Å²) in [5.74, 6) is 2.27. The van der Waals surface area contributed by atoms with Crippen LogP contribution in [0.25, 0.3) is 0 Å². The van der Waals surface area contributed by atoms with Gasteiger partial charge >= 0.3 is 0 Å². The minimum atomic E-state index is -0.593. The standard InChI is InChI=1S/C18H24N4O4.HI/c1-20-18(21-10-14-7-8-15(26-14)17(19)23)22(2)11-12-5-6-13(24-3)9-16(12)25-4;/h5-9H,10-11H2,1-4H3,(H2,19,23)(H,20,21);1H. The predicted molar refractivity (Wildman–Crippen MR) is 114 cm³/mol. The van der Waals surface area contributed by atoms with E-state index in [4.69, 9.17) is 19.6 Å². The molecule has 0 aliphatic rings. The van der Waals surface area contributed by atoms with E-state index < -0.39 is 5.91 Å². The van der Waals surface area contributed by atoms with E-state index >= 15 is 0 Å². The molecule has 1 heterocycles. The molecule has 9 heteroatoms. The lowest BCUT2D eigenvalue weighted by Gasteiger charge is -2.23. The van der Waals surface area contributed by atoms with Gasteiger partial charge in [0.25, 0.3) is 5.91 Å². The zero-order valence-electron chi connectivity index (χ0n) is 15.8. The number of guanidine groups is 1. The molecule has 148 valence electrons. The molecular weight excluding hydrogens is 463 g/mol. The van der Waals surface area contributed by atoms with Crippen LogP contribution in [0.5, 0.6) is 11.5 Å². The number of primary amides is 1. The normalized spacial score (nSPS) is 10.7. The number of furan rings is 1. The summed E-state index contributed by atoms with van der Waals surface area (Å²) >= 11 is 0. The van der Waals surface area contributed by atoms with E-state index in [1.54, 1.807) is 33.4 Å². The summed E-state index contributed by atoms with van der Waals surface area (Å²) in [7, 11) is 6.85. The number of aliphatic imine (C=N–C) groups is 1. The van der Waals surface area contributed by atoms with Crippen LogP contribution in [0, 0.1) is 0 Å². The van der Waals surface area contributed by atoms with Gasteiger partial charge in [-0.25, -0.2) is 0 Å². The van der Waals surface area contributed by atoms with Gasteiger partial charge in [0.2, 0.25) is 0 Å². The Kier molecular flexibility index (Phi) is 8.92. The maximum absolute atomic E-state index is 11.1. The third-order valence-corrected chi connectivity index (χ3v) is 3.80. The fourth-order valence-corrected chi connectivity index (χ4v) is 2.47. The Morgan fingerprint density at radius 1 is 1.26 bits per heavy atom. The fraction of sp³-hybridized carbons (Fsp3) is 0.333. The van der Waals surface area contributed by atoms with Crippen LogP contribution in [-0.2, 0) is 13.1 Å². The van der Waals surface area contributed by atoms with E-state index in [1.807, 2.05) is 30.1 Å². The number of ether oxygens (including phenoxy) is 2. The Labute approximate surface area is 175 Å². The summed E-state index contributed by atoms with van der Waals surface area (Å²) in [4.78, 5) is 17.3. The second kappa shape index (κ2) is 10.7. The Morgan fingerprint density at radius 2 is 2.00 bits per heavy atom. The molecule has 0 saturated carbocycles. The smallest absolute Gasteiger partial charge is 0.284 e. The van der Waals surface area contributed by atoms with Crippen molar-refractivity contribution in [2.24, 2.45) is 10.7 Å². The second-order valence-corrected chi connectivity index (χ2v) is 5.56. The highest BCUT2D eigenvalue weighted by Gasteiger charge is 2.12. The molecule has 0 radical (unpaired) electrons. The highest BCUT2D eigenvalue weighted by Crippen LogP contribution is 2.25. The van der Waals surface area contributed by atoms with Crippen molar-refractivity contribution < 1.29 is 18.7 Å². The predicted octanol–water partition coefficient (Wildman–Crippen LogP) is 2.22. The fourth-order valence-electron chi connectivity index (χ4n) is 2.47. The average Bonchev–Trinajstić information content (AvgIpc) is 3.12. The summed E-state index contributed by atoms with van der Waals surface area (Å²) in [6.07, 6.45) is 0. The molecule has 1 amide bonds. The topological polar surface area (TPSA) is 102 Å². The molecule has 1 aromatic heterocycles. The minimum absolute atomic E-state index is 0. The third-order valence-electron chi connectivity index (χ3n) is 3.80. The Bertz CT molecular complexity index is 791. The number of carbonyl (C=O) groups is 1. The molecule has 8 nitrogen and oxygen atoms in total. The molecule has 2 aromatic rings. The van der Waals surface area contributed by atoms with Crippen molar-refractivity contribution in [3.63, 3.8) is 0 Å². The van der Waals surface area contributed by atoms with Crippen LogP contribution < -0.4 is 20.5 Å². The lowest BCUT2D eigenvalue weighted by molar-refractivity contribution is 0.0972. The molecule has 0 bridgehead atoms. The van der Waals surface area contributed by atoms with E-state index in [-0.39, 0.29) is 29.7 Å². The van der Waals surface area contributed by atoms with E-state index in [0.717, 1.165) is 17.1 Å². The number of amides is 1. The van der Waals surface area contributed by atoms with Crippen molar-refractivity contribution >= 4 is 35.8 Å². The number of nitrogens with one attached hydrogen (secondary N) is 1. The summed E-state index contributed by atoms with van der Waals surface area (Å²) < 4.78 is 16.0. The zero-order valence-corrected chi connectivity index (χ0v) is 18.1. The van der Waals surface area contributed by atoms with Gasteiger partial charge in [0.15, 0.2) is 11.7 Å². The van der Waals surface area contributed by atoms with Crippen molar-refractivity contribution in [2.75, 3.05) is 28.3 Å². The first-order valence-electron chi connectivity index (χ1n) is 7.99. The maximum atomic E-state index is 11.1. The number of nitrogens with zero attached hydrogens (tertiary/aromatic N) is 2. The highest BCUT2D eigenvalue weighted by atomic mass is 127. The molecule has 2 rings (SSSR count). The maximum Gasteiger partial charge on any atom is 0.284 e. The first kappa shape index (κ1) is 22.6. The Morgan fingerprint density at radius 3 is 2.56 bits per heavy atom. The Balaban J connectivity index is 0.00000364. The lowest BCUT2D eigenvalue weighted by Crippen LogP contribution is -2.38. The van der Waals surface area contributed by atoms with Gasteiger partial charge in [-0.15, -0.1) is 24.0 Å². The average molecular weight is 488 g/mol. The third kappa shape index (κ3) is 6.05. The molecule has 0 aliphatic carbocycles. The number of halogens is 1. The van der Waals surface area contributed by atoms with Crippen LogP contribution in [0.4, 0.5) is 0 Å². The van der Waals surface area contributed by atoms with Crippen LogP contribution in [0.1, 0.15) is 21.9 Å². The van der Waals surface area contributed by atoms with Crippen molar-refractivity contribution in [2.45, 2.75) is 13.1 Å². The summed E-state index contributed by atoms with van der Waals surface area (Å²) in [5, 5.41) is 3.18. The van der Waals surface area contributed by atoms with Gasteiger partial charge in [0.1, 0.15) is 17.3 Å². The molecule has 0 unspecified atom stereocenters. The van der Waals surface area contributed by atoms with Crippen molar-refractivity contribution in [3.8, 4) is 11.5 Å². The summed E-state index contributed by atoms with van der Waals surface area (Å²) in [5.41, 5.74) is 6.18. The monoisotopic (exact) mass is 488 g/mol. The molecule has 0 fully saturated rings. The van der Waals surface area contributed by atoms with Crippen LogP contribution >= 0.6 is 24.0 Å². The second-order valence-electron chi connectivity index (χ2n) is 5.56. The number of carbonyl (C=O) groups excluding carboxylic acids is 1. The SMILES string of the molecule is CN=C(NCc1ccc(C(N)=O)o1)N(C)Cc1ccc(OC)cc1OC.I. The van der Waals surface area contributed by atoms with E-state index in [2.05, 4.69) is 10.3 Å². The molecule has 1 aromatic carbocycles. The van der Waals surface area contributed by atoms with Gasteiger partial charge in [0.05, 0.1) is 20.8 Å². The van der Waals surface area contributed by atoms with Crippen LogP contribution in [-0.4, -0.2) is 45.1 Å². The van der Waals surface area contributed by atoms with Crippen LogP contribution in [0.2, 0.25) is 0 Å². The first-order chi connectivity index (χ1) is 12.5. The minimum Gasteiger partial charge on any atom is -0.497 e. The van der Waals surface area contributed by atoms with Crippen LogP contribution in [0.15, 0.2) is 39.7 Å². The molecule has 3 N–H and O–H groups in total. The van der Waals surface area contributed by atoms with Gasteiger partial charge < -0.3 is 29.8 Å². The van der Waals surface area contributed by atoms with E-state index in [0.29, 0.717) is 24.8 Å². The largest absolute Gasteiger partial charge is 0.497 e. The van der Waals surface area contributed by atoms with Crippen molar-refractivity contribution in [3.05, 3.63) is 47.4 Å². The molecular formula is C18H25IN4O4. The molecule has 0 atom stereocenters. The zero-order chi connectivity index (χ0) is 19.1. The van der Waals surface area contributed by atoms with Gasteiger partial charge in [-0.2, -0.15) is 0 Å². The number of methoxy groups -OCH3 is 2. The molecule has 0 spiro atoms. The number of benzene rings is 1. The Hall–Kier alpha value is -2.43. The number of nitrogens with two attached hydrogens (primary N) is 1. The molecule has 27 heavy (non-hydrogen) atoms. The van der Waals surface area contributed by atoms with Gasteiger partial charge in [-0.1, -0.05) is 0 Å². The highest BCUT2D eigenvalue weighted by molar-refractivity contribution is 14.0. The number of hydrogen-bond donors (Lipinski definition) is 2. The molecule has 0 aliphatic heterocycles. The summed E-state index contributed by atoms with van der Waals surface area (Å²) in [6, 6.07) is 8.93. The van der Waals surface area contributed by atoms with Gasteiger partial charge in [-0.3, -0.25) is 9.79 Å².